The number of nitrogens with zero attached hydrogens (tertiary/aromatic N) is 4. The van der Waals surface area contributed by atoms with Gasteiger partial charge in [-0.05, 0) is 18.2 Å². The molecule has 1 amide bonds. The fourth-order valence-corrected chi connectivity index (χ4v) is 2.10. The summed E-state index contributed by atoms with van der Waals surface area (Å²) in [5.74, 6) is 0.420. The lowest BCUT2D eigenvalue weighted by Gasteiger charge is -2.32. The lowest BCUT2D eigenvalue weighted by atomic mass is 10.2. The number of hydrogen-bond acceptors (Lipinski definition) is 6. The lowest BCUT2D eigenvalue weighted by Crippen LogP contribution is -2.48. The van der Waals surface area contributed by atoms with E-state index in [4.69, 9.17) is 4.74 Å². The van der Waals surface area contributed by atoms with E-state index in [1.165, 1.54) is 0 Å². The molecule has 0 bridgehead atoms. The van der Waals surface area contributed by atoms with Crippen LogP contribution in [0.2, 0.25) is 0 Å². The molecule has 0 aromatic carbocycles. The standard InChI is InChI=1S/C14H15N5O2/c20-13(18-11-3-1-4-15-9-11)12-10-19(7-8-21-12)14-16-5-2-6-17-14/h1-6,9,12H,7-8,10H2,(H,18,20). The van der Waals surface area contributed by atoms with Gasteiger partial charge in [-0.15, -0.1) is 0 Å². The van der Waals surface area contributed by atoms with Crippen molar-refractivity contribution in [1.29, 1.82) is 0 Å². The van der Waals surface area contributed by atoms with Gasteiger partial charge in [-0.3, -0.25) is 9.78 Å². The summed E-state index contributed by atoms with van der Waals surface area (Å²) in [6.07, 6.45) is 6.06. The van der Waals surface area contributed by atoms with Gasteiger partial charge in [0.1, 0.15) is 0 Å². The van der Waals surface area contributed by atoms with Crippen LogP contribution in [0.1, 0.15) is 0 Å². The van der Waals surface area contributed by atoms with Gasteiger partial charge in [-0.1, -0.05) is 0 Å². The minimum Gasteiger partial charge on any atom is -0.365 e. The lowest BCUT2D eigenvalue weighted by molar-refractivity contribution is -0.128. The Morgan fingerprint density at radius 3 is 2.90 bits per heavy atom. The van der Waals surface area contributed by atoms with Gasteiger partial charge in [0.15, 0.2) is 6.10 Å². The third-order valence-corrected chi connectivity index (χ3v) is 3.12. The topological polar surface area (TPSA) is 80.2 Å². The zero-order valence-corrected chi connectivity index (χ0v) is 11.3. The number of rotatable bonds is 3. The van der Waals surface area contributed by atoms with Crippen LogP contribution in [0.5, 0.6) is 0 Å². The molecule has 1 atom stereocenters. The molecule has 0 saturated carbocycles. The molecule has 1 aliphatic heterocycles. The molecule has 0 radical (unpaired) electrons. The van der Waals surface area contributed by atoms with Crippen LogP contribution < -0.4 is 10.2 Å². The molecule has 2 aromatic heterocycles. The number of anilines is 2. The highest BCUT2D eigenvalue weighted by molar-refractivity contribution is 5.94. The first kappa shape index (κ1) is 13.4. The molecular formula is C14H15N5O2. The maximum absolute atomic E-state index is 12.2. The molecule has 1 fully saturated rings. The number of morpholine rings is 1. The second-order valence-corrected chi connectivity index (χ2v) is 4.59. The van der Waals surface area contributed by atoms with Crippen molar-refractivity contribution in [3.63, 3.8) is 0 Å². The van der Waals surface area contributed by atoms with E-state index in [0.29, 0.717) is 31.3 Å². The van der Waals surface area contributed by atoms with Crippen molar-refractivity contribution in [2.45, 2.75) is 6.10 Å². The maximum atomic E-state index is 12.2. The molecule has 7 heteroatoms. The van der Waals surface area contributed by atoms with Crippen LogP contribution in [0.15, 0.2) is 43.0 Å². The molecule has 1 unspecified atom stereocenters. The second-order valence-electron chi connectivity index (χ2n) is 4.59. The Hall–Kier alpha value is -2.54. The number of amides is 1. The molecule has 108 valence electrons. The molecule has 1 saturated heterocycles. The van der Waals surface area contributed by atoms with E-state index in [0.717, 1.165) is 0 Å². The number of aromatic nitrogens is 3. The highest BCUT2D eigenvalue weighted by atomic mass is 16.5. The normalized spacial score (nSPS) is 18.3. The summed E-state index contributed by atoms with van der Waals surface area (Å²) >= 11 is 0. The van der Waals surface area contributed by atoms with Gasteiger partial charge in [0.05, 0.1) is 25.0 Å². The van der Waals surface area contributed by atoms with Crippen LogP contribution in [0.3, 0.4) is 0 Å². The van der Waals surface area contributed by atoms with Crippen LogP contribution in [-0.4, -0.2) is 46.7 Å². The van der Waals surface area contributed by atoms with E-state index in [2.05, 4.69) is 20.3 Å². The molecule has 3 rings (SSSR count). The van der Waals surface area contributed by atoms with Crippen LogP contribution in [0, 0.1) is 0 Å². The van der Waals surface area contributed by atoms with Gasteiger partial charge < -0.3 is 15.0 Å². The molecule has 3 heterocycles. The zero-order chi connectivity index (χ0) is 14.5. The molecule has 21 heavy (non-hydrogen) atoms. The van der Waals surface area contributed by atoms with Gasteiger partial charge >= 0.3 is 0 Å². The molecule has 2 aromatic rings. The van der Waals surface area contributed by atoms with Crippen molar-refractivity contribution in [1.82, 2.24) is 15.0 Å². The molecule has 1 N–H and O–H groups in total. The van der Waals surface area contributed by atoms with Crippen LogP contribution in [-0.2, 0) is 9.53 Å². The second kappa shape index (κ2) is 6.27. The van der Waals surface area contributed by atoms with Gasteiger partial charge in [0.2, 0.25) is 5.95 Å². The van der Waals surface area contributed by atoms with Crippen molar-refractivity contribution < 1.29 is 9.53 Å². The minimum atomic E-state index is -0.553. The highest BCUT2D eigenvalue weighted by Gasteiger charge is 2.27. The Bertz CT molecular complexity index is 593. The van der Waals surface area contributed by atoms with E-state index in [1.807, 2.05) is 4.90 Å². The monoisotopic (exact) mass is 285 g/mol. The smallest absolute Gasteiger partial charge is 0.255 e. The zero-order valence-electron chi connectivity index (χ0n) is 11.3. The SMILES string of the molecule is O=C(Nc1cccnc1)C1CN(c2ncccn2)CCO1. The quantitative estimate of drug-likeness (QED) is 0.895. The summed E-state index contributed by atoms with van der Waals surface area (Å²) in [5.41, 5.74) is 0.652. The molecule has 7 nitrogen and oxygen atoms in total. The van der Waals surface area contributed by atoms with Gasteiger partial charge in [0.25, 0.3) is 5.91 Å². The summed E-state index contributed by atoms with van der Waals surface area (Å²) < 4.78 is 5.53. The number of hydrogen-bond donors (Lipinski definition) is 1. The number of ether oxygens (including phenoxy) is 1. The van der Waals surface area contributed by atoms with Crippen LogP contribution in [0.4, 0.5) is 11.6 Å². The van der Waals surface area contributed by atoms with Gasteiger partial charge in [-0.2, -0.15) is 0 Å². The first-order chi connectivity index (χ1) is 10.3. The maximum Gasteiger partial charge on any atom is 0.255 e. The average Bonchev–Trinajstić information content (AvgIpc) is 2.57. The van der Waals surface area contributed by atoms with E-state index >= 15 is 0 Å². The van der Waals surface area contributed by atoms with E-state index in [-0.39, 0.29) is 5.91 Å². The van der Waals surface area contributed by atoms with E-state index < -0.39 is 6.10 Å². The molecule has 0 aliphatic carbocycles. The average molecular weight is 285 g/mol. The summed E-state index contributed by atoms with van der Waals surface area (Å²) in [4.78, 5) is 26.5. The number of pyridine rings is 1. The van der Waals surface area contributed by atoms with Crippen molar-refractivity contribution in [2.75, 3.05) is 29.9 Å². The summed E-state index contributed by atoms with van der Waals surface area (Å²) in [6.45, 7) is 1.56. The largest absolute Gasteiger partial charge is 0.365 e. The first-order valence-electron chi connectivity index (χ1n) is 6.67. The highest BCUT2D eigenvalue weighted by Crippen LogP contribution is 2.13. The fourth-order valence-electron chi connectivity index (χ4n) is 2.10. The summed E-state index contributed by atoms with van der Waals surface area (Å²) in [6, 6.07) is 5.31. The summed E-state index contributed by atoms with van der Waals surface area (Å²) in [5, 5.41) is 2.79. The Balaban J connectivity index is 1.64. The molecule has 0 spiro atoms. The number of nitrogens with one attached hydrogen (secondary N) is 1. The van der Waals surface area contributed by atoms with Crippen LogP contribution in [0.25, 0.3) is 0 Å². The van der Waals surface area contributed by atoms with Crippen LogP contribution >= 0.6 is 0 Å². The molecular weight excluding hydrogens is 270 g/mol. The minimum absolute atomic E-state index is 0.191. The molecule has 1 aliphatic rings. The van der Waals surface area contributed by atoms with Gasteiger partial charge in [0, 0.05) is 25.1 Å². The third kappa shape index (κ3) is 3.32. The van der Waals surface area contributed by atoms with Crippen molar-refractivity contribution in [3.8, 4) is 0 Å². The number of carbonyl (C=O) groups excluding carboxylic acids is 1. The first-order valence-corrected chi connectivity index (χ1v) is 6.67. The van der Waals surface area contributed by atoms with Crippen molar-refractivity contribution in [2.24, 2.45) is 0 Å². The Labute approximate surface area is 122 Å². The fraction of sp³-hybridized carbons (Fsp3) is 0.286. The van der Waals surface area contributed by atoms with Crippen molar-refractivity contribution >= 4 is 17.5 Å². The number of carbonyl (C=O) groups is 1. The Morgan fingerprint density at radius 1 is 1.29 bits per heavy atom. The summed E-state index contributed by atoms with van der Waals surface area (Å²) in [7, 11) is 0. The van der Waals surface area contributed by atoms with E-state index in [9.17, 15) is 4.79 Å². The predicted molar refractivity (Wildman–Crippen MR) is 76.9 cm³/mol. The van der Waals surface area contributed by atoms with Crippen molar-refractivity contribution in [3.05, 3.63) is 43.0 Å². The third-order valence-electron chi connectivity index (χ3n) is 3.12. The van der Waals surface area contributed by atoms with Gasteiger partial charge in [-0.25, -0.2) is 9.97 Å². The predicted octanol–water partition coefficient (Wildman–Crippen LogP) is 0.715. The van der Waals surface area contributed by atoms with E-state index in [1.54, 1.807) is 43.0 Å². The Morgan fingerprint density at radius 2 is 2.14 bits per heavy atom. The Kier molecular flexibility index (Phi) is 4.02.